The normalized spacial score (nSPS) is 11.4. The van der Waals surface area contributed by atoms with E-state index in [1.807, 2.05) is 71.3 Å². The number of carbonyl (C=O) groups is 1. The highest BCUT2D eigenvalue weighted by Gasteiger charge is 2.14. The highest BCUT2D eigenvalue weighted by atomic mass is 16.1. The Morgan fingerprint density at radius 2 is 1.44 bits per heavy atom. The van der Waals surface area contributed by atoms with E-state index < -0.39 is 0 Å². The molecule has 0 N–H and O–H groups in total. The third kappa shape index (κ3) is 2.15. The van der Waals surface area contributed by atoms with Gasteiger partial charge in [0, 0.05) is 17.1 Å². The quantitative estimate of drug-likeness (QED) is 0.395. The summed E-state index contributed by atoms with van der Waals surface area (Å²) in [6, 6.07) is 28.2. The maximum atomic E-state index is 13.1. The molecule has 0 unspecified atom stereocenters. The van der Waals surface area contributed by atoms with Gasteiger partial charge < -0.3 is 4.40 Å². The van der Waals surface area contributed by atoms with Crippen molar-refractivity contribution in [1.82, 2.24) is 4.40 Å². The van der Waals surface area contributed by atoms with Gasteiger partial charge >= 0.3 is 0 Å². The average Bonchev–Trinajstić information content (AvgIpc) is 3.11. The van der Waals surface area contributed by atoms with Crippen LogP contribution in [0.2, 0.25) is 0 Å². The molecule has 3 aromatic carbocycles. The number of pyridine rings is 1. The Hall–Kier alpha value is -3.39. The molecule has 0 saturated heterocycles. The molecule has 0 radical (unpaired) electrons. The number of nitrogens with zero attached hydrogens (tertiary/aromatic N) is 1. The van der Waals surface area contributed by atoms with Gasteiger partial charge in [-0.05, 0) is 40.4 Å². The van der Waals surface area contributed by atoms with Crippen molar-refractivity contribution in [2.24, 2.45) is 0 Å². The van der Waals surface area contributed by atoms with Crippen molar-refractivity contribution in [3.8, 4) is 0 Å². The number of benzene rings is 3. The molecule has 5 aromatic rings. The topological polar surface area (TPSA) is 21.5 Å². The van der Waals surface area contributed by atoms with Crippen LogP contribution in [0.5, 0.6) is 0 Å². The van der Waals surface area contributed by atoms with E-state index in [1.165, 1.54) is 5.39 Å². The van der Waals surface area contributed by atoms with Crippen molar-refractivity contribution < 1.29 is 4.79 Å². The Balaban J connectivity index is 1.69. The predicted molar refractivity (Wildman–Crippen MR) is 102 cm³/mol. The van der Waals surface area contributed by atoms with Crippen LogP contribution in [0.25, 0.3) is 27.1 Å². The zero-order valence-corrected chi connectivity index (χ0v) is 13.5. The lowest BCUT2D eigenvalue weighted by Crippen LogP contribution is -2.05. The van der Waals surface area contributed by atoms with Crippen LogP contribution in [0.3, 0.4) is 0 Å². The van der Waals surface area contributed by atoms with E-state index in [-0.39, 0.29) is 5.78 Å². The predicted octanol–water partition coefficient (Wildman–Crippen LogP) is 5.48. The summed E-state index contributed by atoms with van der Waals surface area (Å²) in [6.07, 6.45) is 1.98. The number of aromatic nitrogens is 1. The van der Waals surface area contributed by atoms with E-state index in [9.17, 15) is 4.79 Å². The number of rotatable bonds is 2. The first kappa shape index (κ1) is 14.0. The lowest BCUT2D eigenvalue weighted by molar-refractivity contribution is 0.103. The molecule has 0 saturated carbocycles. The summed E-state index contributed by atoms with van der Waals surface area (Å²) in [5.41, 5.74) is 2.46. The highest BCUT2D eigenvalue weighted by Crippen LogP contribution is 2.24. The second kappa shape index (κ2) is 5.32. The summed E-state index contributed by atoms with van der Waals surface area (Å²) in [6.45, 7) is 0. The third-order valence-electron chi connectivity index (χ3n) is 4.80. The molecule has 0 aliphatic rings. The monoisotopic (exact) mass is 321 g/mol. The minimum absolute atomic E-state index is 0.0426. The first-order chi connectivity index (χ1) is 12.3. The Kier molecular flexibility index (Phi) is 2.98. The van der Waals surface area contributed by atoms with Gasteiger partial charge in [-0.25, -0.2) is 0 Å². The van der Waals surface area contributed by atoms with E-state index >= 15 is 0 Å². The fourth-order valence-corrected chi connectivity index (χ4v) is 3.52. The van der Waals surface area contributed by atoms with Crippen molar-refractivity contribution >= 4 is 32.8 Å². The molecule has 0 spiro atoms. The lowest BCUT2D eigenvalue weighted by atomic mass is 10.0. The summed E-state index contributed by atoms with van der Waals surface area (Å²) in [5.74, 6) is 0.0426. The van der Waals surface area contributed by atoms with E-state index in [0.717, 1.165) is 21.7 Å². The molecule has 0 aliphatic carbocycles. The van der Waals surface area contributed by atoms with Crippen LogP contribution < -0.4 is 0 Å². The maximum absolute atomic E-state index is 13.1. The van der Waals surface area contributed by atoms with Crippen LogP contribution in [-0.2, 0) is 0 Å². The molecule has 0 bridgehead atoms. The van der Waals surface area contributed by atoms with Crippen molar-refractivity contribution in [2.75, 3.05) is 0 Å². The SMILES string of the molecule is O=C(c1ccc2ccccc2c1)c1ccc2c3ccccc3ccn12. The van der Waals surface area contributed by atoms with E-state index in [1.54, 1.807) is 0 Å². The smallest absolute Gasteiger partial charge is 0.209 e. The molecule has 2 aromatic heterocycles. The highest BCUT2D eigenvalue weighted by molar-refractivity contribution is 6.11. The van der Waals surface area contributed by atoms with E-state index in [4.69, 9.17) is 0 Å². The van der Waals surface area contributed by atoms with Gasteiger partial charge in [0.05, 0.1) is 11.2 Å². The van der Waals surface area contributed by atoms with Crippen LogP contribution in [0.4, 0.5) is 0 Å². The van der Waals surface area contributed by atoms with Gasteiger partial charge in [-0.15, -0.1) is 0 Å². The molecule has 118 valence electrons. The summed E-state index contributed by atoms with van der Waals surface area (Å²) in [5, 5.41) is 4.56. The zero-order valence-electron chi connectivity index (χ0n) is 13.5. The van der Waals surface area contributed by atoms with Gasteiger partial charge in [-0.2, -0.15) is 0 Å². The third-order valence-corrected chi connectivity index (χ3v) is 4.80. The Morgan fingerprint density at radius 3 is 2.32 bits per heavy atom. The van der Waals surface area contributed by atoms with E-state index in [2.05, 4.69) is 24.3 Å². The minimum atomic E-state index is 0.0426. The number of hydrogen-bond donors (Lipinski definition) is 0. The van der Waals surface area contributed by atoms with Gasteiger partial charge in [0.2, 0.25) is 5.78 Å². The maximum Gasteiger partial charge on any atom is 0.209 e. The van der Waals surface area contributed by atoms with Crippen molar-refractivity contribution in [3.63, 3.8) is 0 Å². The number of fused-ring (bicyclic) bond motifs is 4. The fourth-order valence-electron chi connectivity index (χ4n) is 3.52. The van der Waals surface area contributed by atoms with Crippen molar-refractivity contribution in [3.05, 3.63) is 102 Å². The summed E-state index contributed by atoms with van der Waals surface area (Å²) >= 11 is 0. The zero-order chi connectivity index (χ0) is 16.8. The van der Waals surface area contributed by atoms with Gasteiger partial charge in [0.1, 0.15) is 0 Å². The molecule has 5 rings (SSSR count). The molecule has 0 atom stereocenters. The second-order valence-electron chi connectivity index (χ2n) is 6.27. The Labute approximate surface area is 144 Å². The number of ketones is 1. The van der Waals surface area contributed by atoms with Gasteiger partial charge in [-0.3, -0.25) is 4.79 Å². The van der Waals surface area contributed by atoms with Crippen LogP contribution in [0.15, 0.2) is 91.1 Å². The summed E-state index contributed by atoms with van der Waals surface area (Å²) in [7, 11) is 0. The van der Waals surface area contributed by atoms with E-state index in [0.29, 0.717) is 11.3 Å². The molecular weight excluding hydrogens is 306 g/mol. The summed E-state index contributed by atoms with van der Waals surface area (Å²) in [4.78, 5) is 13.1. The first-order valence-corrected chi connectivity index (χ1v) is 8.33. The Bertz CT molecular complexity index is 1260. The van der Waals surface area contributed by atoms with Crippen molar-refractivity contribution in [1.29, 1.82) is 0 Å². The van der Waals surface area contributed by atoms with Gasteiger partial charge in [-0.1, -0.05) is 60.7 Å². The Morgan fingerprint density at radius 1 is 0.680 bits per heavy atom. The van der Waals surface area contributed by atoms with Gasteiger partial charge in [0.25, 0.3) is 0 Å². The summed E-state index contributed by atoms with van der Waals surface area (Å²) < 4.78 is 1.99. The largest absolute Gasteiger partial charge is 0.313 e. The van der Waals surface area contributed by atoms with Crippen LogP contribution >= 0.6 is 0 Å². The van der Waals surface area contributed by atoms with Crippen LogP contribution in [-0.4, -0.2) is 10.2 Å². The fraction of sp³-hybridized carbons (Fsp3) is 0. The molecule has 2 heterocycles. The van der Waals surface area contributed by atoms with Crippen molar-refractivity contribution in [2.45, 2.75) is 0 Å². The second-order valence-corrected chi connectivity index (χ2v) is 6.27. The number of carbonyl (C=O) groups excluding carboxylic acids is 1. The van der Waals surface area contributed by atoms with Crippen LogP contribution in [0, 0.1) is 0 Å². The standard InChI is InChI=1S/C23H15NO/c25-23(19-10-9-16-5-1-2-7-18(16)15-19)22-12-11-21-20-8-4-3-6-17(20)13-14-24(21)22/h1-15H. The molecule has 25 heavy (non-hydrogen) atoms. The molecule has 0 amide bonds. The lowest BCUT2D eigenvalue weighted by Gasteiger charge is -2.06. The molecule has 0 aliphatic heterocycles. The van der Waals surface area contributed by atoms with Gasteiger partial charge in [0.15, 0.2) is 0 Å². The van der Waals surface area contributed by atoms with Crippen LogP contribution in [0.1, 0.15) is 16.1 Å². The molecule has 0 fully saturated rings. The first-order valence-electron chi connectivity index (χ1n) is 8.33. The number of hydrogen-bond acceptors (Lipinski definition) is 1. The minimum Gasteiger partial charge on any atom is -0.313 e. The molecule has 2 heteroatoms. The molecule has 2 nitrogen and oxygen atoms in total. The molecular formula is C23H15NO. The average molecular weight is 321 g/mol.